The summed E-state index contributed by atoms with van der Waals surface area (Å²) in [4.78, 5) is 39.9. The molecular weight excluding hydrogens is 424 g/mol. The molecule has 10 nitrogen and oxygen atoms in total. The summed E-state index contributed by atoms with van der Waals surface area (Å²) < 4.78 is 5.54. The molecule has 3 rings (SSSR count). The zero-order valence-corrected chi connectivity index (χ0v) is 19.4. The Morgan fingerprint density at radius 1 is 1.27 bits per heavy atom. The fourth-order valence-corrected chi connectivity index (χ4v) is 3.75. The highest BCUT2D eigenvalue weighted by Gasteiger charge is 2.42. The average Bonchev–Trinajstić information content (AvgIpc) is 3.38. The lowest BCUT2D eigenvalue weighted by molar-refractivity contribution is -0.131. The zero-order valence-electron chi connectivity index (χ0n) is 19.4. The summed E-state index contributed by atoms with van der Waals surface area (Å²) >= 11 is 0. The molecule has 0 radical (unpaired) electrons. The number of benzene rings is 1. The number of likely N-dealkylation sites (tertiary alicyclic amines) is 1. The van der Waals surface area contributed by atoms with Gasteiger partial charge in [-0.1, -0.05) is 30.3 Å². The van der Waals surface area contributed by atoms with Crippen LogP contribution in [0.2, 0.25) is 0 Å². The van der Waals surface area contributed by atoms with Gasteiger partial charge in [0, 0.05) is 18.5 Å². The van der Waals surface area contributed by atoms with Crippen molar-refractivity contribution >= 4 is 23.7 Å². The number of rotatable bonds is 6. The minimum atomic E-state index is -0.797. The predicted octanol–water partition coefficient (Wildman–Crippen LogP) is 1.91. The van der Waals surface area contributed by atoms with E-state index < -0.39 is 29.7 Å². The number of aromatic nitrogens is 2. The SMILES string of the molecule is CC(NC(=O)[C@H]1CC(c2ccccc2)CN1C(=O)OC(C)(C)C)C(=O)NCc1cc(N)n[nH]1. The zero-order chi connectivity index (χ0) is 24.2. The number of hydrogen-bond acceptors (Lipinski definition) is 6. The third-order valence-corrected chi connectivity index (χ3v) is 5.36. The van der Waals surface area contributed by atoms with Crippen LogP contribution < -0.4 is 16.4 Å². The largest absolute Gasteiger partial charge is 0.444 e. The van der Waals surface area contributed by atoms with E-state index in [9.17, 15) is 14.4 Å². The Morgan fingerprint density at radius 3 is 2.58 bits per heavy atom. The van der Waals surface area contributed by atoms with Crippen molar-refractivity contribution in [1.82, 2.24) is 25.7 Å². The minimum absolute atomic E-state index is 0.00978. The van der Waals surface area contributed by atoms with Crippen LogP contribution in [-0.4, -0.2) is 57.2 Å². The van der Waals surface area contributed by atoms with E-state index in [1.54, 1.807) is 33.8 Å². The number of nitrogen functional groups attached to an aromatic ring is 1. The van der Waals surface area contributed by atoms with Crippen LogP contribution in [0.4, 0.5) is 10.6 Å². The number of nitrogens with one attached hydrogen (secondary N) is 3. The first-order valence-electron chi connectivity index (χ1n) is 11.0. The quantitative estimate of drug-likeness (QED) is 0.523. The van der Waals surface area contributed by atoms with Crippen LogP contribution in [0.15, 0.2) is 36.4 Å². The van der Waals surface area contributed by atoms with Crippen LogP contribution in [0.1, 0.15) is 51.3 Å². The Labute approximate surface area is 193 Å². The van der Waals surface area contributed by atoms with E-state index >= 15 is 0 Å². The van der Waals surface area contributed by atoms with Gasteiger partial charge in [0.2, 0.25) is 11.8 Å². The van der Waals surface area contributed by atoms with Gasteiger partial charge in [-0.05, 0) is 39.7 Å². The van der Waals surface area contributed by atoms with E-state index in [0.717, 1.165) is 5.56 Å². The summed E-state index contributed by atoms with van der Waals surface area (Å²) in [5, 5.41) is 12.0. The van der Waals surface area contributed by atoms with Gasteiger partial charge in [0.15, 0.2) is 0 Å². The number of aromatic amines is 1. The van der Waals surface area contributed by atoms with Gasteiger partial charge in [0.1, 0.15) is 23.5 Å². The van der Waals surface area contributed by atoms with Crippen molar-refractivity contribution in [3.63, 3.8) is 0 Å². The first-order valence-corrected chi connectivity index (χ1v) is 11.0. The summed E-state index contributed by atoms with van der Waals surface area (Å²) in [6, 6.07) is 9.83. The number of carbonyl (C=O) groups is 3. The van der Waals surface area contributed by atoms with Gasteiger partial charge < -0.3 is 21.1 Å². The number of nitrogens with two attached hydrogens (primary N) is 1. The van der Waals surface area contributed by atoms with Crippen molar-refractivity contribution in [3.05, 3.63) is 47.7 Å². The topological polar surface area (TPSA) is 142 Å². The molecule has 3 amide bonds. The summed E-state index contributed by atoms with van der Waals surface area (Å²) in [7, 11) is 0. The number of hydrogen-bond donors (Lipinski definition) is 4. The summed E-state index contributed by atoms with van der Waals surface area (Å²) in [6.45, 7) is 7.50. The lowest BCUT2D eigenvalue weighted by Gasteiger charge is -2.28. The molecule has 5 N–H and O–H groups in total. The fourth-order valence-electron chi connectivity index (χ4n) is 3.75. The molecule has 1 aromatic carbocycles. The van der Waals surface area contributed by atoms with Crippen molar-refractivity contribution in [2.45, 2.75) is 64.3 Å². The van der Waals surface area contributed by atoms with Crippen molar-refractivity contribution in [1.29, 1.82) is 0 Å². The van der Waals surface area contributed by atoms with Crippen LogP contribution in [-0.2, 0) is 20.9 Å². The standard InChI is InChI=1S/C23H32N6O4/c1-14(20(30)25-12-17-11-19(24)28-27-17)26-21(31)18-10-16(15-8-6-5-7-9-15)13-29(18)22(32)33-23(2,3)4/h5-9,11,14,16,18H,10,12-13H2,1-4H3,(H,25,30)(H,26,31)(H3,24,27,28)/t14?,16?,18-/m1/s1. The molecule has 1 aliphatic heterocycles. The maximum atomic E-state index is 13.1. The maximum absolute atomic E-state index is 13.1. The van der Waals surface area contributed by atoms with Crippen LogP contribution in [0, 0.1) is 0 Å². The fraction of sp³-hybridized carbons (Fsp3) is 0.478. The number of anilines is 1. The van der Waals surface area contributed by atoms with Gasteiger partial charge in [0.05, 0.1) is 12.2 Å². The van der Waals surface area contributed by atoms with Crippen LogP contribution in [0.5, 0.6) is 0 Å². The molecule has 3 atom stereocenters. The van der Waals surface area contributed by atoms with Crippen molar-refractivity contribution in [2.75, 3.05) is 12.3 Å². The molecule has 178 valence electrons. The molecule has 0 bridgehead atoms. The Bertz CT molecular complexity index is 984. The Hall–Kier alpha value is -3.56. The number of carbonyl (C=O) groups excluding carboxylic acids is 3. The van der Waals surface area contributed by atoms with Gasteiger partial charge in [-0.25, -0.2) is 4.79 Å². The molecule has 0 spiro atoms. The second kappa shape index (κ2) is 9.93. The van der Waals surface area contributed by atoms with Crippen molar-refractivity contribution in [3.8, 4) is 0 Å². The Balaban J connectivity index is 1.66. The molecule has 2 heterocycles. The number of H-pyrrole nitrogens is 1. The van der Waals surface area contributed by atoms with E-state index in [1.165, 1.54) is 4.90 Å². The minimum Gasteiger partial charge on any atom is -0.444 e. The average molecular weight is 457 g/mol. The van der Waals surface area contributed by atoms with Crippen molar-refractivity contribution < 1.29 is 19.1 Å². The molecule has 0 aliphatic carbocycles. The van der Waals surface area contributed by atoms with Gasteiger partial charge in [-0.3, -0.25) is 19.6 Å². The van der Waals surface area contributed by atoms with Crippen LogP contribution in [0.3, 0.4) is 0 Å². The van der Waals surface area contributed by atoms with Crippen LogP contribution in [0.25, 0.3) is 0 Å². The predicted molar refractivity (Wildman–Crippen MR) is 123 cm³/mol. The highest BCUT2D eigenvalue weighted by molar-refractivity contribution is 5.91. The normalized spacial score (nSPS) is 19.1. The molecule has 33 heavy (non-hydrogen) atoms. The molecule has 2 unspecified atom stereocenters. The van der Waals surface area contributed by atoms with Gasteiger partial charge >= 0.3 is 6.09 Å². The third-order valence-electron chi connectivity index (χ3n) is 5.36. The summed E-state index contributed by atoms with van der Waals surface area (Å²) in [5.74, 6) is -0.438. The van der Waals surface area contributed by atoms with Gasteiger partial charge in [-0.15, -0.1) is 0 Å². The van der Waals surface area contributed by atoms with E-state index in [0.29, 0.717) is 24.5 Å². The van der Waals surface area contributed by atoms with Crippen LogP contribution >= 0.6 is 0 Å². The Morgan fingerprint density at radius 2 is 1.97 bits per heavy atom. The molecule has 10 heteroatoms. The monoisotopic (exact) mass is 456 g/mol. The summed E-state index contributed by atoms with van der Waals surface area (Å²) in [5.41, 5.74) is 6.56. The third kappa shape index (κ3) is 6.47. The molecule has 1 aliphatic rings. The lowest BCUT2D eigenvalue weighted by atomic mass is 9.96. The van der Waals surface area contributed by atoms with Gasteiger partial charge in [0.25, 0.3) is 0 Å². The summed E-state index contributed by atoms with van der Waals surface area (Å²) in [6.07, 6.45) is -0.105. The van der Waals surface area contributed by atoms with E-state index in [2.05, 4.69) is 20.8 Å². The second-order valence-electron chi connectivity index (χ2n) is 9.26. The molecule has 0 saturated carbocycles. The van der Waals surface area contributed by atoms with E-state index in [-0.39, 0.29) is 18.4 Å². The molecule has 1 fully saturated rings. The molecule has 1 aromatic heterocycles. The lowest BCUT2D eigenvalue weighted by Crippen LogP contribution is -2.52. The maximum Gasteiger partial charge on any atom is 0.410 e. The highest BCUT2D eigenvalue weighted by atomic mass is 16.6. The Kier molecular flexibility index (Phi) is 7.25. The smallest absolute Gasteiger partial charge is 0.410 e. The molecule has 2 aromatic rings. The first kappa shape index (κ1) is 24.1. The molecule has 1 saturated heterocycles. The van der Waals surface area contributed by atoms with E-state index in [1.807, 2.05) is 30.3 Å². The number of amides is 3. The van der Waals surface area contributed by atoms with Gasteiger partial charge in [-0.2, -0.15) is 5.10 Å². The van der Waals surface area contributed by atoms with E-state index in [4.69, 9.17) is 10.5 Å². The highest BCUT2D eigenvalue weighted by Crippen LogP contribution is 2.33. The number of nitrogens with zero attached hydrogens (tertiary/aromatic N) is 2. The second-order valence-corrected chi connectivity index (χ2v) is 9.26. The first-order chi connectivity index (χ1) is 15.5. The van der Waals surface area contributed by atoms with Crippen molar-refractivity contribution in [2.24, 2.45) is 0 Å². The number of ether oxygens (including phenoxy) is 1. The molecular formula is C23H32N6O4.